The second kappa shape index (κ2) is 6.35. The molecule has 0 aliphatic carbocycles. The van der Waals surface area contributed by atoms with E-state index in [9.17, 15) is 4.79 Å². The highest BCUT2D eigenvalue weighted by Crippen LogP contribution is 2.27. The molecule has 7 heteroatoms. The third kappa shape index (κ3) is 2.97. The Labute approximate surface area is 155 Å². The standard InChI is InChI=1S/C20H19N5O2/c1-10-8-11(2)16-14(9-10)18(26)24-20(22-16)25-19-21-12(3)13-6-5-7-15(27-4)17(13)23-19/h5-9H,1-4H3,(H2,21,22,23,24,25,26). The molecule has 27 heavy (non-hydrogen) atoms. The topological polar surface area (TPSA) is 92.8 Å². The number of fused-ring (bicyclic) bond motifs is 2. The number of nitrogens with one attached hydrogen (secondary N) is 2. The van der Waals surface area contributed by atoms with Gasteiger partial charge in [-0.25, -0.2) is 15.0 Å². The fourth-order valence-electron chi connectivity index (χ4n) is 3.26. The van der Waals surface area contributed by atoms with Crippen molar-refractivity contribution in [2.45, 2.75) is 20.8 Å². The Morgan fingerprint density at radius 1 is 1.00 bits per heavy atom. The van der Waals surface area contributed by atoms with Gasteiger partial charge in [-0.05, 0) is 44.0 Å². The first-order chi connectivity index (χ1) is 13.0. The predicted molar refractivity (Wildman–Crippen MR) is 106 cm³/mol. The predicted octanol–water partition coefficient (Wildman–Crippen LogP) is 3.54. The van der Waals surface area contributed by atoms with Crippen molar-refractivity contribution in [1.29, 1.82) is 0 Å². The molecule has 0 atom stereocenters. The van der Waals surface area contributed by atoms with Crippen LogP contribution in [-0.4, -0.2) is 27.0 Å². The van der Waals surface area contributed by atoms with Crippen molar-refractivity contribution in [3.05, 3.63) is 57.5 Å². The van der Waals surface area contributed by atoms with Crippen LogP contribution in [-0.2, 0) is 0 Å². The molecule has 136 valence electrons. The van der Waals surface area contributed by atoms with Crippen molar-refractivity contribution in [3.8, 4) is 5.75 Å². The lowest BCUT2D eigenvalue weighted by Crippen LogP contribution is -2.13. The van der Waals surface area contributed by atoms with Crippen molar-refractivity contribution in [2.24, 2.45) is 0 Å². The molecule has 2 aromatic heterocycles. The van der Waals surface area contributed by atoms with Gasteiger partial charge in [-0.2, -0.15) is 0 Å². The lowest BCUT2D eigenvalue weighted by Gasteiger charge is -2.10. The molecule has 7 nitrogen and oxygen atoms in total. The van der Waals surface area contributed by atoms with Gasteiger partial charge in [0.05, 0.1) is 23.7 Å². The van der Waals surface area contributed by atoms with E-state index in [2.05, 4.69) is 25.3 Å². The summed E-state index contributed by atoms with van der Waals surface area (Å²) in [7, 11) is 1.60. The highest BCUT2D eigenvalue weighted by molar-refractivity contribution is 5.87. The summed E-state index contributed by atoms with van der Waals surface area (Å²) in [5, 5.41) is 4.49. The van der Waals surface area contributed by atoms with Crippen LogP contribution < -0.4 is 15.6 Å². The molecule has 2 heterocycles. The van der Waals surface area contributed by atoms with E-state index in [-0.39, 0.29) is 5.56 Å². The fourth-order valence-corrected chi connectivity index (χ4v) is 3.26. The van der Waals surface area contributed by atoms with E-state index in [0.717, 1.165) is 22.2 Å². The number of hydrogen-bond acceptors (Lipinski definition) is 6. The summed E-state index contributed by atoms with van der Waals surface area (Å²) in [6, 6.07) is 9.52. The van der Waals surface area contributed by atoms with Crippen molar-refractivity contribution >= 4 is 33.7 Å². The third-order valence-electron chi connectivity index (χ3n) is 4.48. The maximum Gasteiger partial charge on any atom is 0.260 e. The average Bonchev–Trinajstić information content (AvgIpc) is 2.62. The molecular weight excluding hydrogens is 342 g/mol. The van der Waals surface area contributed by atoms with Gasteiger partial charge in [0.15, 0.2) is 0 Å². The number of aromatic nitrogens is 4. The van der Waals surface area contributed by atoms with Gasteiger partial charge in [-0.15, -0.1) is 0 Å². The van der Waals surface area contributed by atoms with E-state index in [1.54, 1.807) is 7.11 Å². The highest BCUT2D eigenvalue weighted by Gasteiger charge is 2.12. The number of rotatable bonds is 3. The van der Waals surface area contributed by atoms with E-state index >= 15 is 0 Å². The third-order valence-corrected chi connectivity index (χ3v) is 4.48. The van der Waals surface area contributed by atoms with E-state index in [1.807, 2.05) is 51.1 Å². The second-order valence-electron chi connectivity index (χ2n) is 6.51. The Kier molecular flexibility index (Phi) is 3.99. The molecule has 0 bridgehead atoms. The molecule has 0 unspecified atom stereocenters. The Balaban J connectivity index is 1.84. The van der Waals surface area contributed by atoms with Crippen LogP contribution in [0.5, 0.6) is 5.75 Å². The minimum Gasteiger partial charge on any atom is -0.494 e. The van der Waals surface area contributed by atoms with E-state index in [0.29, 0.717) is 34.1 Å². The lowest BCUT2D eigenvalue weighted by atomic mass is 10.1. The molecule has 2 N–H and O–H groups in total. The molecular formula is C20H19N5O2. The summed E-state index contributed by atoms with van der Waals surface area (Å²) < 4.78 is 5.40. The Morgan fingerprint density at radius 3 is 2.59 bits per heavy atom. The summed E-state index contributed by atoms with van der Waals surface area (Å²) in [6.45, 7) is 5.79. The number of nitrogens with zero attached hydrogens (tertiary/aromatic N) is 3. The Bertz CT molecular complexity index is 1250. The zero-order valence-corrected chi connectivity index (χ0v) is 15.5. The van der Waals surface area contributed by atoms with Crippen molar-refractivity contribution in [3.63, 3.8) is 0 Å². The smallest absolute Gasteiger partial charge is 0.260 e. The van der Waals surface area contributed by atoms with Crippen LogP contribution in [0.15, 0.2) is 35.1 Å². The number of para-hydroxylation sites is 1. The minimum absolute atomic E-state index is 0.204. The zero-order chi connectivity index (χ0) is 19.1. The Hall–Kier alpha value is -3.48. The van der Waals surface area contributed by atoms with Gasteiger partial charge in [0.2, 0.25) is 11.9 Å². The number of ether oxygens (including phenoxy) is 1. The van der Waals surface area contributed by atoms with Gasteiger partial charge in [0.25, 0.3) is 5.56 Å². The number of anilines is 2. The number of benzene rings is 2. The summed E-state index contributed by atoms with van der Waals surface area (Å²) in [5.74, 6) is 1.30. The molecule has 0 aliphatic rings. The van der Waals surface area contributed by atoms with Crippen molar-refractivity contribution in [2.75, 3.05) is 12.4 Å². The summed E-state index contributed by atoms with van der Waals surface area (Å²) in [5.41, 5.74) is 3.91. The van der Waals surface area contributed by atoms with Crippen LogP contribution in [0.4, 0.5) is 11.9 Å². The molecule has 0 saturated heterocycles. The van der Waals surface area contributed by atoms with Crippen molar-refractivity contribution in [1.82, 2.24) is 19.9 Å². The summed E-state index contributed by atoms with van der Waals surface area (Å²) in [4.78, 5) is 28.8. The van der Waals surface area contributed by atoms with Crippen LogP contribution in [0.2, 0.25) is 0 Å². The van der Waals surface area contributed by atoms with Gasteiger partial charge < -0.3 is 4.74 Å². The SMILES string of the molecule is COc1cccc2c(C)nc(Nc3nc4c(C)cc(C)cc4c(=O)[nH]3)nc12. The number of aryl methyl sites for hydroxylation is 3. The van der Waals surface area contributed by atoms with Crippen LogP contribution >= 0.6 is 0 Å². The van der Waals surface area contributed by atoms with Gasteiger partial charge in [0, 0.05) is 5.39 Å². The van der Waals surface area contributed by atoms with Crippen LogP contribution in [0.25, 0.3) is 21.8 Å². The average molecular weight is 361 g/mol. The Morgan fingerprint density at radius 2 is 1.81 bits per heavy atom. The van der Waals surface area contributed by atoms with Crippen LogP contribution in [0.3, 0.4) is 0 Å². The first-order valence-electron chi connectivity index (χ1n) is 8.56. The first kappa shape index (κ1) is 17.0. The molecule has 0 aliphatic heterocycles. The monoisotopic (exact) mass is 361 g/mol. The number of H-pyrrole nitrogens is 1. The van der Waals surface area contributed by atoms with E-state index in [1.165, 1.54) is 0 Å². The molecule has 4 aromatic rings. The normalized spacial score (nSPS) is 11.1. The molecule has 0 saturated carbocycles. The second-order valence-corrected chi connectivity index (χ2v) is 6.51. The van der Waals surface area contributed by atoms with E-state index in [4.69, 9.17) is 4.74 Å². The molecule has 0 radical (unpaired) electrons. The molecule has 0 amide bonds. The van der Waals surface area contributed by atoms with Crippen LogP contribution in [0, 0.1) is 20.8 Å². The van der Waals surface area contributed by atoms with Gasteiger partial charge in [-0.1, -0.05) is 18.2 Å². The lowest BCUT2D eigenvalue weighted by molar-refractivity contribution is 0.419. The summed E-state index contributed by atoms with van der Waals surface area (Å²) >= 11 is 0. The quantitative estimate of drug-likeness (QED) is 0.580. The molecule has 0 spiro atoms. The molecule has 2 aromatic carbocycles. The summed E-state index contributed by atoms with van der Waals surface area (Å²) in [6.07, 6.45) is 0. The number of methoxy groups -OCH3 is 1. The zero-order valence-electron chi connectivity index (χ0n) is 15.5. The van der Waals surface area contributed by atoms with E-state index < -0.39 is 0 Å². The molecule has 0 fully saturated rings. The number of hydrogen-bond donors (Lipinski definition) is 2. The van der Waals surface area contributed by atoms with Gasteiger partial charge in [-0.3, -0.25) is 15.1 Å². The minimum atomic E-state index is -0.204. The maximum atomic E-state index is 12.5. The number of aromatic amines is 1. The first-order valence-corrected chi connectivity index (χ1v) is 8.56. The van der Waals surface area contributed by atoms with Gasteiger partial charge >= 0.3 is 0 Å². The maximum absolute atomic E-state index is 12.5. The highest BCUT2D eigenvalue weighted by atomic mass is 16.5. The molecule has 4 rings (SSSR count). The van der Waals surface area contributed by atoms with Crippen molar-refractivity contribution < 1.29 is 4.74 Å². The van der Waals surface area contributed by atoms with Gasteiger partial charge in [0.1, 0.15) is 11.3 Å². The fraction of sp³-hybridized carbons (Fsp3) is 0.200. The largest absolute Gasteiger partial charge is 0.494 e. The van der Waals surface area contributed by atoms with Crippen LogP contribution in [0.1, 0.15) is 16.8 Å².